The van der Waals surface area contributed by atoms with E-state index < -0.39 is 0 Å². The van der Waals surface area contributed by atoms with Gasteiger partial charge in [-0.05, 0) is 45.3 Å². The van der Waals surface area contributed by atoms with Crippen molar-refractivity contribution in [1.82, 2.24) is 15.0 Å². The summed E-state index contributed by atoms with van der Waals surface area (Å²) in [6.45, 7) is 7.20. The number of aromatic nitrogens is 2. The van der Waals surface area contributed by atoms with E-state index in [1.54, 1.807) is 0 Å². The molecule has 2 heterocycles. The van der Waals surface area contributed by atoms with Gasteiger partial charge in [0.25, 0.3) is 0 Å². The summed E-state index contributed by atoms with van der Waals surface area (Å²) in [7, 11) is 0. The molecule has 0 bridgehead atoms. The van der Waals surface area contributed by atoms with Crippen molar-refractivity contribution in [2.75, 3.05) is 19.6 Å². The molecule has 5 heteroatoms. The lowest BCUT2D eigenvalue weighted by molar-refractivity contribution is -0.116. The third-order valence-corrected chi connectivity index (χ3v) is 3.54. The molecule has 1 aliphatic rings. The second-order valence-corrected chi connectivity index (χ2v) is 5.06. The molecule has 1 aromatic heterocycles. The Morgan fingerprint density at radius 1 is 1.44 bits per heavy atom. The molecule has 0 saturated carbocycles. The van der Waals surface area contributed by atoms with Gasteiger partial charge in [0.2, 0.25) is 5.89 Å². The SMILES string of the molecule is CCN1CCC(Cc2noc(CC(C)=O)n2)CC1. The van der Waals surface area contributed by atoms with Crippen molar-refractivity contribution < 1.29 is 9.32 Å². The van der Waals surface area contributed by atoms with Crippen molar-refractivity contribution >= 4 is 5.78 Å². The fraction of sp³-hybridized carbons (Fsp3) is 0.769. The zero-order chi connectivity index (χ0) is 13.0. The molecule has 0 atom stereocenters. The predicted molar refractivity (Wildman–Crippen MR) is 67.2 cm³/mol. The lowest BCUT2D eigenvalue weighted by Crippen LogP contribution is -2.34. The number of hydrogen-bond donors (Lipinski definition) is 0. The standard InChI is InChI=1S/C13H21N3O2/c1-3-16-6-4-11(5-7-16)9-12-14-13(18-15-12)8-10(2)17/h11H,3-9H2,1-2H3. The summed E-state index contributed by atoms with van der Waals surface area (Å²) in [6, 6.07) is 0. The maximum atomic E-state index is 10.9. The smallest absolute Gasteiger partial charge is 0.234 e. The fourth-order valence-corrected chi connectivity index (χ4v) is 2.42. The second-order valence-electron chi connectivity index (χ2n) is 5.06. The Labute approximate surface area is 108 Å². The van der Waals surface area contributed by atoms with Gasteiger partial charge in [0.15, 0.2) is 5.82 Å². The molecule has 0 aliphatic carbocycles. The molecule has 1 aliphatic heterocycles. The van der Waals surface area contributed by atoms with E-state index in [9.17, 15) is 4.79 Å². The highest BCUT2D eigenvalue weighted by Crippen LogP contribution is 2.20. The minimum atomic E-state index is 0.0569. The van der Waals surface area contributed by atoms with Crippen molar-refractivity contribution in [3.05, 3.63) is 11.7 Å². The van der Waals surface area contributed by atoms with E-state index in [0.717, 1.165) is 18.8 Å². The molecule has 100 valence electrons. The molecule has 0 spiro atoms. The molecule has 0 radical (unpaired) electrons. The van der Waals surface area contributed by atoms with Crippen LogP contribution in [-0.2, 0) is 17.6 Å². The van der Waals surface area contributed by atoms with E-state index in [2.05, 4.69) is 22.0 Å². The molecular weight excluding hydrogens is 230 g/mol. The third kappa shape index (κ3) is 3.63. The topological polar surface area (TPSA) is 59.2 Å². The van der Waals surface area contributed by atoms with Gasteiger partial charge in [0, 0.05) is 6.42 Å². The zero-order valence-electron chi connectivity index (χ0n) is 11.2. The summed E-state index contributed by atoms with van der Waals surface area (Å²) in [6.07, 6.45) is 3.52. The number of Topliss-reactive ketones (excluding diaryl/α,β-unsaturated/α-hetero) is 1. The third-order valence-electron chi connectivity index (χ3n) is 3.54. The van der Waals surface area contributed by atoms with Crippen LogP contribution in [0.1, 0.15) is 38.4 Å². The van der Waals surface area contributed by atoms with Crippen LogP contribution in [-0.4, -0.2) is 40.5 Å². The van der Waals surface area contributed by atoms with Crippen LogP contribution in [0.2, 0.25) is 0 Å². The van der Waals surface area contributed by atoms with Crippen molar-refractivity contribution in [1.29, 1.82) is 0 Å². The number of carbonyl (C=O) groups excluding carboxylic acids is 1. The van der Waals surface area contributed by atoms with E-state index in [4.69, 9.17) is 4.52 Å². The average Bonchev–Trinajstić information content (AvgIpc) is 2.76. The fourth-order valence-electron chi connectivity index (χ4n) is 2.42. The molecule has 0 amide bonds. The van der Waals surface area contributed by atoms with Crippen LogP contribution in [0, 0.1) is 5.92 Å². The summed E-state index contributed by atoms with van der Waals surface area (Å²) in [4.78, 5) is 17.7. The van der Waals surface area contributed by atoms with Gasteiger partial charge in [0.05, 0.1) is 6.42 Å². The summed E-state index contributed by atoms with van der Waals surface area (Å²) in [5.41, 5.74) is 0. The molecule has 5 nitrogen and oxygen atoms in total. The average molecular weight is 251 g/mol. The van der Waals surface area contributed by atoms with Crippen molar-refractivity contribution in [2.45, 2.75) is 39.5 Å². The van der Waals surface area contributed by atoms with E-state index >= 15 is 0 Å². The first-order chi connectivity index (χ1) is 8.67. The number of nitrogens with zero attached hydrogens (tertiary/aromatic N) is 3. The normalized spacial score (nSPS) is 18.1. The van der Waals surface area contributed by atoms with Gasteiger partial charge in [-0.3, -0.25) is 4.79 Å². The highest BCUT2D eigenvalue weighted by Gasteiger charge is 2.20. The summed E-state index contributed by atoms with van der Waals surface area (Å²) in [5.74, 6) is 1.90. The zero-order valence-corrected chi connectivity index (χ0v) is 11.2. The molecule has 18 heavy (non-hydrogen) atoms. The highest BCUT2D eigenvalue weighted by atomic mass is 16.5. The summed E-state index contributed by atoms with van der Waals surface area (Å²) < 4.78 is 5.07. The lowest BCUT2D eigenvalue weighted by Gasteiger charge is -2.30. The monoisotopic (exact) mass is 251 g/mol. The minimum absolute atomic E-state index is 0.0569. The Morgan fingerprint density at radius 2 is 2.17 bits per heavy atom. The van der Waals surface area contributed by atoms with Crippen LogP contribution in [0.5, 0.6) is 0 Å². The molecule has 1 fully saturated rings. The van der Waals surface area contributed by atoms with E-state index in [0.29, 0.717) is 11.8 Å². The molecule has 1 saturated heterocycles. The van der Waals surface area contributed by atoms with Crippen LogP contribution in [0.25, 0.3) is 0 Å². The molecule has 0 aromatic carbocycles. The van der Waals surface area contributed by atoms with Crippen LogP contribution in [0.4, 0.5) is 0 Å². The predicted octanol–water partition coefficient (Wildman–Crippen LogP) is 1.48. The van der Waals surface area contributed by atoms with Crippen LogP contribution >= 0.6 is 0 Å². The number of piperidine rings is 1. The maximum Gasteiger partial charge on any atom is 0.234 e. The highest BCUT2D eigenvalue weighted by molar-refractivity contribution is 5.77. The Morgan fingerprint density at radius 3 is 2.78 bits per heavy atom. The van der Waals surface area contributed by atoms with Crippen LogP contribution in [0.15, 0.2) is 4.52 Å². The largest absolute Gasteiger partial charge is 0.339 e. The van der Waals surface area contributed by atoms with Crippen LogP contribution < -0.4 is 0 Å². The van der Waals surface area contributed by atoms with Gasteiger partial charge in [-0.15, -0.1) is 0 Å². The Bertz CT molecular complexity index is 395. The first-order valence-corrected chi connectivity index (χ1v) is 6.70. The molecule has 2 rings (SSSR count). The maximum absolute atomic E-state index is 10.9. The van der Waals surface area contributed by atoms with Crippen molar-refractivity contribution in [2.24, 2.45) is 5.92 Å². The molecule has 0 unspecified atom stereocenters. The van der Waals surface area contributed by atoms with Gasteiger partial charge in [-0.25, -0.2) is 0 Å². The molecular formula is C13H21N3O2. The van der Waals surface area contributed by atoms with Gasteiger partial charge in [-0.1, -0.05) is 12.1 Å². The molecule has 0 N–H and O–H groups in total. The first-order valence-electron chi connectivity index (χ1n) is 6.70. The van der Waals surface area contributed by atoms with Crippen LogP contribution in [0.3, 0.4) is 0 Å². The number of ketones is 1. The lowest BCUT2D eigenvalue weighted by atomic mass is 9.93. The van der Waals surface area contributed by atoms with Gasteiger partial charge >= 0.3 is 0 Å². The Balaban J connectivity index is 1.83. The number of carbonyl (C=O) groups is 1. The summed E-state index contributed by atoms with van der Waals surface area (Å²) >= 11 is 0. The number of likely N-dealkylation sites (tertiary alicyclic amines) is 1. The number of hydrogen-bond acceptors (Lipinski definition) is 5. The number of rotatable bonds is 5. The van der Waals surface area contributed by atoms with E-state index in [-0.39, 0.29) is 12.2 Å². The first kappa shape index (κ1) is 13.2. The van der Waals surface area contributed by atoms with E-state index in [1.165, 1.54) is 32.9 Å². The summed E-state index contributed by atoms with van der Waals surface area (Å²) in [5, 5.41) is 3.95. The van der Waals surface area contributed by atoms with Gasteiger partial charge < -0.3 is 9.42 Å². The minimum Gasteiger partial charge on any atom is -0.339 e. The molecule has 1 aromatic rings. The van der Waals surface area contributed by atoms with Crippen molar-refractivity contribution in [3.63, 3.8) is 0 Å². The van der Waals surface area contributed by atoms with Gasteiger partial charge in [-0.2, -0.15) is 4.98 Å². The quantitative estimate of drug-likeness (QED) is 0.793. The van der Waals surface area contributed by atoms with Gasteiger partial charge in [0.1, 0.15) is 5.78 Å². The second kappa shape index (κ2) is 6.09. The Kier molecular flexibility index (Phi) is 4.47. The van der Waals surface area contributed by atoms with E-state index in [1.807, 2.05) is 0 Å². The van der Waals surface area contributed by atoms with Crippen molar-refractivity contribution in [3.8, 4) is 0 Å². The Hall–Kier alpha value is -1.23.